The molecule has 0 spiro atoms. The number of hydrogen-bond acceptors (Lipinski definition) is 2. The summed E-state index contributed by atoms with van der Waals surface area (Å²) in [5, 5.41) is 0. The molecule has 1 aliphatic rings. The molecule has 0 atom stereocenters. The van der Waals surface area contributed by atoms with Crippen molar-refractivity contribution in [3.63, 3.8) is 0 Å². The maximum Gasteiger partial charge on any atom is 0.224 e. The summed E-state index contributed by atoms with van der Waals surface area (Å²) >= 11 is 0. The van der Waals surface area contributed by atoms with Gasteiger partial charge in [-0.3, -0.25) is 4.79 Å². The van der Waals surface area contributed by atoms with Crippen molar-refractivity contribution in [3.8, 4) is 0 Å². The summed E-state index contributed by atoms with van der Waals surface area (Å²) in [5.41, 5.74) is 2.14. The van der Waals surface area contributed by atoms with Gasteiger partial charge < -0.3 is 9.47 Å². The first kappa shape index (κ1) is 15.1. The molecule has 0 N–H and O–H groups in total. The van der Waals surface area contributed by atoms with Crippen molar-refractivity contribution in [2.45, 2.75) is 52.0 Å². The van der Waals surface area contributed by atoms with Crippen LogP contribution in [0.4, 0.5) is 0 Å². The van der Waals surface area contributed by atoms with E-state index < -0.39 is 0 Å². The zero-order valence-electron chi connectivity index (χ0n) is 13.4. The van der Waals surface area contributed by atoms with Crippen LogP contribution in [0.5, 0.6) is 0 Å². The van der Waals surface area contributed by atoms with Gasteiger partial charge in [0.25, 0.3) is 0 Å². The van der Waals surface area contributed by atoms with Crippen molar-refractivity contribution < 1.29 is 4.79 Å². The Bertz CT molecular complexity index is 639. The molecule has 1 aliphatic heterocycles. The van der Waals surface area contributed by atoms with Crippen LogP contribution in [0, 0.1) is 6.92 Å². The van der Waals surface area contributed by atoms with Gasteiger partial charge in [-0.1, -0.05) is 31.4 Å². The predicted molar refractivity (Wildman–Crippen MR) is 88.8 cm³/mol. The Labute approximate surface area is 132 Å². The number of likely N-dealkylation sites (tertiary alicyclic amines) is 1. The zero-order chi connectivity index (χ0) is 15.4. The van der Waals surface area contributed by atoms with Crippen LogP contribution in [0.1, 0.15) is 44.3 Å². The van der Waals surface area contributed by atoms with Crippen LogP contribution in [-0.4, -0.2) is 33.4 Å². The molecule has 1 fully saturated rings. The van der Waals surface area contributed by atoms with Crippen molar-refractivity contribution in [2.75, 3.05) is 13.1 Å². The Morgan fingerprint density at radius 1 is 1.09 bits per heavy atom. The molecule has 1 saturated heterocycles. The summed E-state index contributed by atoms with van der Waals surface area (Å²) in [4.78, 5) is 19.1. The molecule has 0 aliphatic carbocycles. The topological polar surface area (TPSA) is 38.1 Å². The third-order valence-corrected chi connectivity index (χ3v) is 4.60. The minimum absolute atomic E-state index is 0.291. The molecule has 4 nitrogen and oxygen atoms in total. The van der Waals surface area contributed by atoms with Crippen molar-refractivity contribution in [1.29, 1.82) is 0 Å². The van der Waals surface area contributed by atoms with Gasteiger partial charge in [0.1, 0.15) is 5.82 Å². The summed E-state index contributed by atoms with van der Waals surface area (Å²) in [5.74, 6) is 1.28. The highest BCUT2D eigenvalue weighted by atomic mass is 16.2. The van der Waals surface area contributed by atoms with Crippen LogP contribution in [-0.2, 0) is 11.3 Å². The first-order chi connectivity index (χ1) is 10.8. The highest BCUT2D eigenvalue weighted by Crippen LogP contribution is 2.17. The number of rotatable bonds is 3. The van der Waals surface area contributed by atoms with Gasteiger partial charge in [0, 0.05) is 26.1 Å². The fourth-order valence-electron chi connectivity index (χ4n) is 3.34. The summed E-state index contributed by atoms with van der Waals surface area (Å²) in [6.45, 7) is 4.60. The molecule has 2 aromatic rings. The summed E-state index contributed by atoms with van der Waals surface area (Å²) < 4.78 is 2.16. The first-order valence-electron chi connectivity index (χ1n) is 8.45. The highest BCUT2D eigenvalue weighted by molar-refractivity contribution is 5.78. The lowest BCUT2D eigenvalue weighted by Gasteiger charge is -2.25. The number of benzene rings is 1. The van der Waals surface area contributed by atoms with Gasteiger partial charge in [0.2, 0.25) is 5.91 Å². The Balaban J connectivity index is 1.65. The smallest absolute Gasteiger partial charge is 0.224 e. The van der Waals surface area contributed by atoms with Gasteiger partial charge in [-0.2, -0.15) is 0 Å². The Morgan fingerprint density at radius 2 is 1.77 bits per heavy atom. The second-order valence-corrected chi connectivity index (χ2v) is 6.20. The molecule has 0 radical (unpaired) electrons. The second kappa shape index (κ2) is 6.95. The SMILES string of the molecule is Cc1nc2ccccc2n1CCC(=O)N1CCCCCCC1. The van der Waals surface area contributed by atoms with Gasteiger partial charge in [0.05, 0.1) is 11.0 Å². The van der Waals surface area contributed by atoms with Crippen molar-refractivity contribution in [2.24, 2.45) is 0 Å². The maximum absolute atomic E-state index is 12.5. The van der Waals surface area contributed by atoms with Crippen LogP contribution in [0.15, 0.2) is 24.3 Å². The molecule has 0 saturated carbocycles. The molecule has 4 heteroatoms. The number of aryl methyl sites for hydroxylation is 2. The highest BCUT2D eigenvalue weighted by Gasteiger charge is 2.15. The number of nitrogens with zero attached hydrogens (tertiary/aromatic N) is 3. The number of fused-ring (bicyclic) bond motifs is 1. The van der Waals surface area contributed by atoms with Crippen molar-refractivity contribution in [3.05, 3.63) is 30.1 Å². The number of imidazole rings is 1. The Hall–Kier alpha value is -1.84. The van der Waals surface area contributed by atoms with E-state index in [-0.39, 0.29) is 0 Å². The lowest BCUT2D eigenvalue weighted by Crippen LogP contribution is -2.34. The van der Waals surface area contributed by atoms with Crippen molar-refractivity contribution >= 4 is 16.9 Å². The van der Waals surface area contributed by atoms with E-state index in [0.717, 1.165) is 49.3 Å². The standard InChI is InChI=1S/C18H25N3O/c1-15-19-16-9-5-6-10-17(16)21(15)14-11-18(22)20-12-7-3-2-4-8-13-20/h5-6,9-10H,2-4,7-8,11-14H2,1H3. The van der Waals surface area contributed by atoms with E-state index in [4.69, 9.17) is 0 Å². The fraction of sp³-hybridized carbons (Fsp3) is 0.556. The number of aromatic nitrogens is 2. The molecule has 3 rings (SSSR count). The number of para-hydroxylation sites is 2. The number of carbonyl (C=O) groups is 1. The number of amides is 1. The lowest BCUT2D eigenvalue weighted by atomic mass is 10.1. The average Bonchev–Trinajstić information content (AvgIpc) is 2.80. The monoisotopic (exact) mass is 299 g/mol. The average molecular weight is 299 g/mol. The minimum atomic E-state index is 0.291. The van der Waals surface area contributed by atoms with E-state index in [1.807, 2.05) is 25.1 Å². The van der Waals surface area contributed by atoms with Crippen LogP contribution >= 0.6 is 0 Å². The summed E-state index contributed by atoms with van der Waals surface area (Å²) in [7, 11) is 0. The Kier molecular flexibility index (Phi) is 4.76. The molecule has 0 unspecified atom stereocenters. The van der Waals surface area contributed by atoms with Crippen LogP contribution in [0.25, 0.3) is 11.0 Å². The summed E-state index contributed by atoms with van der Waals surface area (Å²) in [6, 6.07) is 8.14. The van der Waals surface area contributed by atoms with Crippen LogP contribution in [0.2, 0.25) is 0 Å². The predicted octanol–water partition coefficient (Wildman–Crippen LogP) is 3.53. The van der Waals surface area contributed by atoms with Crippen LogP contribution in [0.3, 0.4) is 0 Å². The molecule has 118 valence electrons. The largest absolute Gasteiger partial charge is 0.343 e. The molecule has 22 heavy (non-hydrogen) atoms. The third kappa shape index (κ3) is 3.32. The molecule has 2 heterocycles. The van der Waals surface area contributed by atoms with Crippen LogP contribution < -0.4 is 0 Å². The van der Waals surface area contributed by atoms with Gasteiger partial charge in [-0.15, -0.1) is 0 Å². The van der Waals surface area contributed by atoms with Gasteiger partial charge in [-0.25, -0.2) is 4.98 Å². The maximum atomic E-state index is 12.5. The van der Waals surface area contributed by atoms with E-state index >= 15 is 0 Å². The summed E-state index contributed by atoms with van der Waals surface area (Å²) in [6.07, 6.45) is 6.71. The van der Waals surface area contributed by atoms with E-state index in [1.54, 1.807) is 0 Å². The molecule has 1 aromatic heterocycles. The Morgan fingerprint density at radius 3 is 2.55 bits per heavy atom. The van der Waals surface area contributed by atoms with E-state index in [0.29, 0.717) is 12.3 Å². The second-order valence-electron chi connectivity index (χ2n) is 6.20. The number of hydrogen-bond donors (Lipinski definition) is 0. The molecular formula is C18H25N3O. The quantitative estimate of drug-likeness (QED) is 0.869. The van der Waals surface area contributed by atoms with Crippen molar-refractivity contribution in [1.82, 2.24) is 14.5 Å². The van der Waals surface area contributed by atoms with Gasteiger partial charge in [0.15, 0.2) is 0 Å². The lowest BCUT2D eigenvalue weighted by molar-refractivity contribution is -0.131. The third-order valence-electron chi connectivity index (χ3n) is 4.60. The normalized spacial score (nSPS) is 16.5. The van der Waals surface area contributed by atoms with E-state index in [2.05, 4.69) is 20.5 Å². The van der Waals surface area contributed by atoms with Gasteiger partial charge in [-0.05, 0) is 31.9 Å². The van der Waals surface area contributed by atoms with E-state index in [9.17, 15) is 4.79 Å². The molecular weight excluding hydrogens is 274 g/mol. The minimum Gasteiger partial charge on any atom is -0.343 e. The van der Waals surface area contributed by atoms with Gasteiger partial charge >= 0.3 is 0 Å². The first-order valence-corrected chi connectivity index (χ1v) is 8.45. The zero-order valence-corrected chi connectivity index (χ0v) is 13.4. The fourth-order valence-corrected chi connectivity index (χ4v) is 3.34. The molecule has 1 amide bonds. The molecule has 1 aromatic carbocycles. The number of carbonyl (C=O) groups excluding carboxylic acids is 1. The molecule has 0 bridgehead atoms. The van der Waals surface area contributed by atoms with E-state index in [1.165, 1.54) is 19.3 Å².